The number of amides is 1. The number of benzene rings is 1. The molecule has 33 heavy (non-hydrogen) atoms. The van der Waals surface area contributed by atoms with E-state index in [2.05, 4.69) is 19.2 Å². The van der Waals surface area contributed by atoms with Crippen molar-refractivity contribution in [3.8, 4) is 11.5 Å². The van der Waals surface area contributed by atoms with E-state index in [9.17, 15) is 19.8 Å². The van der Waals surface area contributed by atoms with Gasteiger partial charge < -0.3 is 19.8 Å². The summed E-state index contributed by atoms with van der Waals surface area (Å²) in [5.74, 6) is -0.296. The monoisotopic (exact) mass is 460 g/mol. The Labute approximate surface area is 197 Å². The summed E-state index contributed by atoms with van der Waals surface area (Å²) < 4.78 is 5.78. The van der Waals surface area contributed by atoms with Crippen LogP contribution in [0.2, 0.25) is 0 Å². The molecule has 1 unspecified atom stereocenters. The maximum absolute atomic E-state index is 13.2. The van der Waals surface area contributed by atoms with Crippen LogP contribution in [0, 0.1) is 5.92 Å². The van der Waals surface area contributed by atoms with Crippen molar-refractivity contribution in [3.63, 3.8) is 0 Å². The lowest BCUT2D eigenvalue weighted by Crippen LogP contribution is -2.53. The zero-order chi connectivity index (χ0) is 24.1. The van der Waals surface area contributed by atoms with E-state index < -0.39 is 0 Å². The molecule has 1 saturated heterocycles. The van der Waals surface area contributed by atoms with Gasteiger partial charge in [-0.25, -0.2) is 0 Å². The van der Waals surface area contributed by atoms with Crippen molar-refractivity contribution in [3.05, 3.63) is 23.3 Å². The summed E-state index contributed by atoms with van der Waals surface area (Å²) >= 11 is 0. The van der Waals surface area contributed by atoms with Crippen LogP contribution in [0.3, 0.4) is 0 Å². The second-order valence-corrected chi connectivity index (χ2v) is 10.4. The molecule has 7 nitrogen and oxygen atoms in total. The highest BCUT2D eigenvalue weighted by atomic mass is 16.5. The zero-order valence-corrected chi connectivity index (χ0v) is 20.5. The van der Waals surface area contributed by atoms with Gasteiger partial charge in [-0.2, -0.15) is 0 Å². The SMILES string of the molecule is CC(C)C[C@@H](NC1CCCN(C(=O)c2cc(C(C)C)c(O)cc2O)C1)C(=O)OC1CCCC1. The van der Waals surface area contributed by atoms with Crippen molar-refractivity contribution >= 4 is 11.9 Å². The molecule has 0 spiro atoms. The van der Waals surface area contributed by atoms with Crippen LogP contribution in [0.25, 0.3) is 0 Å². The van der Waals surface area contributed by atoms with E-state index >= 15 is 0 Å². The Balaban J connectivity index is 1.68. The average molecular weight is 461 g/mol. The third-order valence-electron chi connectivity index (χ3n) is 6.72. The number of carbonyl (C=O) groups excluding carboxylic acids is 2. The minimum absolute atomic E-state index is 0.00506. The molecule has 0 radical (unpaired) electrons. The first-order valence-electron chi connectivity index (χ1n) is 12.5. The number of piperidine rings is 1. The Morgan fingerprint density at radius 3 is 2.39 bits per heavy atom. The molecule has 1 heterocycles. The fraction of sp³-hybridized carbons (Fsp3) is 0.692. The summed E-state index contributed by atoms with van der Waals surface area (Å²) in [6.45, 7) is 9.10. The van der Waals surface area contributed by atoms with Gasteiger partial charge in [0.2, 0.25) is 0 Å². The Bertz CT molecular complexity index is 832. The lowest BCUT2D eigenvalue weighted by molar-refractivity contribution is -0.152. The van der Waals surface area contributed by atoms with Gasteiger partial charge in [-0.05, 0) is 68.4 Å². The molecule has 184 valence electrons. The summed E-state index contributed by atoms with van der Waals surface area (Å²) in [6.07, 6.45) is 6.52. The molecule has 0 bridgehead atoms. The summed E-state index contributed by atoms with van der Waals surface area (Å²) in [6, 6.07) is 2.43. The van der Waals surface area contributed by atoms with E-state index in [-0.39, 0.29) is 53.0 Å². The third kappa shape index (κ3) is 6.62. The highest BCUT2D eigenvalue weighted by Gasteiger charge is 2.32. The van der Waals surface area contributed by atoms with Crippen molar-refractivity contribution in [2.75, 3.05) is 13.1 Å². The standard InChI is InChI=1S/C26H40N2O5/c1-16(2)12-22(26(32)33-19-9-5-6-10-19)27-18-8-7-11-28(15-18)25(31)21-13-20(17(3)4)23(29)14-24(21)30/h13-14,16-19,22,27,29-30H,5-12,15H2,1-4H3/t18?,22-/m1/s1. The lowest BCUT2D eigenvalue weighted by Gasteiger charge is -2.35. The smallest absolute Gasteiger partial charge is 0.323 e. The number of hydrogen-bond acceptors (Lipinski definition) is 6. The predicted octanol–water partition coefficient (Wildman–Crippen LogP) is 4.32. The molecule has 1 aromatic carbocycles. The molecule has 1 aromatic rings. The van der Waals surface area contributed by atoms with E-state index in [0.29, 0.717) is 31.0 Å². The fourth-order valence-electron chi connectivity index (χ4n) is 4.94. The minimum atomic E-state index is -0.389. The number of rotatable bonds is 8. The number of hydrogen-bond donors (Lipinski definition) is 3. The lowest BCUT2D eigenvalue weighted by atomic mass is 9.97. The largest absolute Gasteiger partial charge is 0.508 e. The summed E-state index contributed by atoms with van der Waals surface area (Å²) in [7, 11) is 0. The summed E-state index contributed by atoms with van der Waals surface area (Å²) in [5.41, 5.74) is 0.839. The Kier molecular flexibility index (Phi) is 8.63. The van der Waals surface area contributed by atoms with E-state index in [1.54, 1.807) is 11.0 Å². The summed E-state index contributed by atoms with van der Waals surface area (Å²) in [5, 5.41) is 23.9. The third-order valence-corrected chi connectivity index (χ3v) is 6.72. The first kappa shape index (κ1) is 25.3. The van der Waals surface area contributed by atoms with Crippen LogP contribution < -0.4 is 5.32 Å². The van der Waals surface area contributed by atoms with Crippen molar-refractivity contribution in [2.24, 2.45) is 5.92 Å². The molecule has 3 rings (SSSR count). The molecule has 1 aliphatic carbocycles. The number of esters is 1. The second kappa shape index (κ2) is 11.2. The van der Waals surface area contributed by atoms with Crippen LogP contribution >= 0.6 is 0 Å². The number of phenolic OH excluding ortho intramolecular Hbond substituents is 2. The molecular weight excluding hydrogens is 420 g/mol. The normalized spacial score (nSPS) is 20.4. The number of nitrogens with zero attached hydrogens (tertiary/aromatic N) is 1. The van der Waals surface area contributed by atoms with Gasteiger partial charge in [0.15, 0.2) is 0 Å². The molecule has 1 amide bonds. The van der Waals surface area contributed by atoms with Crippen molar-refractivity contribution in [1.82, 2.24) is 10.2 Å². The zero-order valence-electron chi connectivity index (χ0n) is 20.5. The van der Waals surface area contributed by atoms with E-state index in [1.165, 1.54) is 6.07 Å². The van der Waals surface area contributed by atoms with E-state index in [4.69, 9.17) is 4.74 Å². The highest BCUT2D eigenvalue weighted by molar-refractivity contribution is 5.97. The Hall–Kier alpha value is -2.28. The van der Waals surface area contributed by atoms with Crippen LogP contribution in [0.1, 0.15) is 94.5 Å². The van der Waals surface area contributed by atoms with Crippen LogP contribution in [-0.4, -0.2) is 58.3 Å². The van der Waals surface area contributed by atoms with Crippen LogP contribution in [0.15, 0.2) is 12.1 Å². The first-order valence-corrected chi connectivity index (χ1v) is 12.5. The molecule has 0 aromatic heterocycles. The molecule has 1 saturated carbocycles. The quantitative estimate of drug-likeness (QED) is 0.500. The van der Waals surface area contributed by atoms with Gasteiger partial charge in [-0.15, -0.1) is 0 Å². The average Bonchev–Trinajstić information content (AvgIpc) is 3.25. The number of aromatic hydroxyl groups is 2. The van der Waals surface area contributed by atoms with Gasteiger partial charge in [0.05, 0.1) is 5.56 Å². The van der Waals surface area contributed by atoms with Gasteiger partial charge >= 0.3 is 5.97 Å². The van der Waals surface area contributed by atoms with Gasteiger partial charge in [0.1, 0.15) is 23.6 Å². The van der Waals surface area contributed by atoms with E-state index in [1.807, 2.05) is 13.8 Å². The Morgan fingerprint density at radius 2 is 1.76 bits per heavy atom. The van der Waals surface area contributed by atoms with Crippen molar-refractivity contribution < 1.29 is 24.5 Å². The number of carbonyl (C=O) groups is 2. The molecule has 7 heteroatoms. The van der Waals surface area contributed by atoms with Crippen LogP contribution in [-0.2, 0) is 9.53 Å². The van der Waals surface area contributed by atoms with Gasteiger partial charge in [-0.3, -0.25) is 14.9 Å². The van der Waals surface area contributed by atoms with Gasteiger partial charge in [0, 0.05) is 25.2 Å². The minimum Gasteiger partial charge on any atom is -0.508 e. The molecule has 3 N–H and O–H groups in total. The topological polar surface area (TPSA) is 99.1 Å². The highest BCUT2D eigenvalue weighted by Crippen LogP contribution is 2.33. The first-order chi connectivity index (χ1) is 15.7. The number of phenols is 2. The summed E-state index contributed by atoms with van der Waals surface area (Å²) in [4.78, 5) is 27.9. The second-order valence-electron chi connectivity index (χ2n) is 10.4. The van der Waals surface area contributed by atoms with E-state index in [0.717, 1.165) is 38.5 Å². The molecule has 2 aliphatic rings. The number of ether oxygens (including phenoxy) is 1. The van der Waals surface area contributed by atoms with Crippen molar-refractivity contribution in [1.29, 1.82) is 0 Å². The van der Waals surface area contributed by atoms with Gasteiger partial charge in [-0.1, -0.05) is 27.7 Å². The predicted molar refractivity (Wildman–Crippen MR) is 128 cm³/mol. The molecule has 2 fully saturated rings. The van der Waals surface area contributed by atoms with Gasteiger partial charge in [0.25, 0.3) is 5.91 Å². The maximum Gasteiger partial charge on any atom is 0.323 e. The maximum atomic E-state index is 13.2. The molecule has 1 aliphatic heterocycles. The number of likely N-dealkylation sites (tertiary alicyclic amines) is 1. The number of nitrogens with one attached hydrogen (secondary N) is 1. The molecular formula is C26H40N2O5. The van der Waals surface area contributed by atoms with Crippen LogP contribution in [0.5, 0.6) is 11.5 Å². The fourth-order valence-corrected chi connectivity index (χ4v) is 4.94. The Morgan fingerprint density at radius 1 is 1.06 bits per heavy atom. The molecule has 2 atom stereocenters. The van der Waals surface area contributed by atoms with Crippen LogP contribution in [0.4, 0.5) is 0 Å². The van der Waals surface area contributed by atoms with Crippen molar-refractivity contribution in [2.45, 2.75) is 96.7 Å².